The van der Waals surface area contributed by atoms with Gasteiger partial charge in [-0.1, -0.05) is 42.3 Å². The number of amides is 1. The normalized spacial score (nSPS) is 12.8. The number of pyridine rings is 2. The third-order valence-corrected chi connectivity index (χ3v) is 6.59. The summed E-state index contributed by atoms with van der Waals surface area (Å²) < 4.78 is 21.0. The lowest BCUT2D eigenvalue weighted by Gasteiger charge is -2.18. The Morgan fingerprint density at radius 3 is 2.68 bits per heavy atom. The zero-order chi connectivity index (χ0) is 28.0. The van der Waals surface area contributed by atoms with Crippen molar-refractivity contribution >= 4 is 40.7 Å². The molecule has 0 saturated heterocycles. The Hall–Kier alpha value is -3.49. The predicted molar refractivity (Wildman–Crippen MR) is 150 cm³/mol. The Morgan fingerprint density at radius 1 is 1.26 bits per heavy atom. The Labute approximate surface area is 231 Å². The summed E-state index contributed by atoms with van der Waals surface area (Å²) in [7, 11) is 1.20. The van der Waals surface area contributed by atoms with Crippen LogP contribution in [0.3, 0.4) is 0 Å². The summed E-state index contributed by atoms with van der Waals surface area (Å²) in [6, 6.07) is 8.37. The van der Waals surface area contributed by atoms with Gasteiger partial charge < -0.3 is 9.30 Å². The highest BCUT2D eigenvalue weighted by Gasteiger charge is 2.17. The molecule has 1 aromatic carbocycles. The zero-order valence-electron chi connectivity index (χ0n) is 21.8. The lowest BCUT2D eigenvalue weighted by molar-refractivity contribution is 0.187. The van der Waals surface area contributed by atoms with Gasteiger partial charge in [-0.15, -0.1) is 0 Å². The second kappa shape index (κ2) is 12.8. The number of carbonyl (C=O) groups excluding carboxylic acids is 1. The SMILES string of the molecule is COC(=O)Nc1cccc(C(C)=N/C=C(/C)Cn2c(C)cc([C@H](C)Cc3cncc(Cl)c3)c(Cl)c2=O)c1F. The van der Waals surface area contributed by atoms with Crippen LogP contribution in [-0.2, 0) is 17.7 Å². The van der Waals surface area contributed by atoms with Crippen LogP contribution in [-0.4, -0.2) is 28.5 Å². The molecule has 3 rings (SSSR count). The van der Waals surface area contributed by atoms with Gasteiger partial charge in [0.05, 0.1) is 17.8 Å². The van der Waals surface area contributed by atoms with Gasteiger partial charge in [0.15, 0.2) is 5.82 Å². The third-order valence-electron chi connectivity index (χ3n) is 6.01. The number of benzene rings is 1. The summed E-state index contributed by atoms with van der Waals surface area (Å²) in [6.07, 6.45) is 4.77. The maximum atomic E-state index is 14.9. The number of rotatable bonds is 8. The van der Waals surface area contributed by atoms with E-state index < -0.39 is 11.9 Å². The summed E-state index contributed by atoms with van der Waals surface area (Å²) in [5.41, 5.74) is 3.56. The smallest absolute Gasteiger partial charge is 0.411 e. The molecule has 0 saturated carbocycles. The molecule has 10 heteroatoms. The van der Waals surface area contributed by atoms with E-state index in [4.69, 9.17) is 23.2 Å². The molecule has 1 atom stereocenters. The van der Waals surface area contributed by atoms with Crippen molar-refractivity contribution in [3.05, 3.63) is 103 Å². The minimum Gasteiger partial charge on any atom is -0.453 e. The molecular weight excluding hydrogens is 530 g/mol. The Morgan fingerprint density at radius 2 is 2.00 bits per heavy atom. The van der Waals surface area contributed by atoms with E-state index in [-0.39, 0.29) is 34.3 Å². The number of nitrogens with one attached hydrogen (secondary N) is 1. The van der Waals surface area contributed by atoms with Crippen molar-refractivity contribution in [3.8, 4) is 0 Å². The monoisotopic (exact) mass is 558 g/mol. The first-order chi connectivity index (χ1) is 18.0. The van der Waals surface area contributed by atoms with Crippen LogP contribution >= 0.6 is 23.2 Å². The van der Waals surface area contributed by atoms with E-state index in [2.05, 4.69) is 20.0 Å². The zero-order valence-corrected chi connectivity index (χ0v) is 23.3. The van der Waals surface area contributed by atoms with Gasteiger partial charge in [0, 0.05) is 42.1 Å². The highest BCUT2D eigenvalue weighted by atomic mass is 35.5. The second-order valence-corrected chi connectivity index (χ2v) is 9.85. The van der Waals surface area contributed by atoms with E-state index in [0.717, 1.165) is 22.4 Å². The highest BCUT2D eigenvalue weighted by molar-refractivity contribution is 6.31. The van der Waals surface area contributed by atoms with Crippen LogP contribution in [0.15, 0.2) is 64.3 Å². The first-order valence-electron chi connectivity index (χ1n) is 11.8. The molecule has 0 aliphatic carbocycles. The van der Waals surface area contributed by atoms with E-state index >= 15 is 0 Å². The Kier molecular flexibility index (Phi) is 9.83. The number of carbonyl (C=O) groups is 1. The topological polar surface area (TPSA) is 85.6 Å². The standard InChI is InChI=1S/C28H29Cl2FN4O3/c1-16(12-33-19(4)22-7-6-8-24(26(22)31)34-28(37)38-5)15-35-18(3)10-23(25(30)27(35)36)17(2)9-20-11-21(29)14-32-13-20/h6-8,10-14,17H,9,15H2,1-5H3,(H,34,37)/b16-12-,33-19?/t17-/m1/s1. The van der Waals surface area contributed by atoms with E-state index in [9.17, 15) is 14.0 Å². The molecule has 0 spiro atoms. The summed E-state index contributed by atoms with van der Waals surface area (Å²) in [5.74, 6) is -0.644. The molecule has 0 bridgehead atoms. The van der Waals surface area contributed by atoms with Crippen molar-refractivity contribution in [3.63, 3.8) is 0 Å². The fraction of sp³-hybridized carbons (Fsp3) is 0.286. The van der Waals surface area contributed by atoms with E-state index in [1.165, 1.54) is 13.2 Å². The third kappa shape index (κ3) is 7.08. The van der Waals surface area contributed by atoms with Crippen LogP contribution in [0.2, 0.25) is 10.0 Å². The maximum Gasteiger partial charge on any atom is 0.411 e. The van der Waals surface area contributed by atoms with Gasteiger partial charge in [0.25, 0.3) is 5.56 Å². The highest BCUT2D eigenvalue weighted by Crippen LogP contribution is 2.27. The van der Waals surface area contributed by atoms with Crippen molar-refractivity contribution < 1.29 is 13.9 Å². The minimum absolute atomic E-state index is 0.0117. The van der Waals surface area contributed by atoms with Gasteiger partial charge in [-0.3, -0.25) is 20.1 Å². The van der Waals surface area contributed by atoms with Gasteiger partial charge in [0.1, 0.15) is 5.02 Å². The molecule has 0 aliphatic heterocycles. The number of nitrogens with zero attached hydrogens (tertiary/aromatic N) is 3. The second-order valence-electron chi connectivity index (χ2n) is 9.04. The number of hydrogen-bond donors (Lipinski definition) is 1. The van der Waals surface area contributed by atoms with E-state index in [1.807, 2.05) is 32.9 Å². The van der Waals surface area contributed by atoms with Crippen molar-refractivity contribution in [1.29, 1.82) is 0 Å². The van der Waals surface area contributed by atoms with Crippen LogP contribution in [0.4, 0.5) is 14.9 Å². The molecule has 7 nitrogen and oxygen atoms in total. The first kappa shape index (κ1) is 29.1. The van der Waals surface area contributed by atoms with Gasteiger partial charge in [-0.25, -0.2) is 9.18 Å². The maximum absolute atomic E-state index is 14.9. The molecule has 0 radical (unpaired) electrons. The summed E-state index contributed by atoms with van der Waals surface area (Å²) in [4.78, 5) is 33.1. The van der Waals surface area contributed by atoms with Crippen LogP contribution in [0, 0.1) is 12.7 Å². The summed E-state index contributed by atoms with van der Waals surface area (Å²) in [6.45, 7) is 7.60. The molecule has 2 aromatic heterocycles. The molecule has 1 amide bonds. The Bertz CT molecular complexity index is 1470. The molecule has 0 aliphatic rings. The lowest BCUT2D eigenvalue weighted by atomic mass is 9.94. The number of hydrogen-bond acceptors (Lipinski definition) is 5. The fourth-order valence-corrected chi connectivity index (χ4v) is 4.53. The molecule has 3 aromatic rings. The van der Waals surface area contributed by atoms with Gasteiger partial charge in [0.2, 0.25) is 0 Å². The number of allylic oxidation sites excluding steroid dienone is 1. The number of ether oxygens (including phenoxy) is 1. The molecule has 200 valence electrons. The summed E-state index contributed by atoms with van der Waals surface area (Å²) in [5, 5.41) is 3.06. The van der Waals surface area contributed by atoms with Gasteiger partial charge in [-0.05, 0) is 68.0 Å². The van der Waals surface area contributed by atoms with Crippen molar-refractivity contribution in [2.45, 2.75) is 46.6 Å². The Balaban J connectivity index is 1.81. The van der Waals surface area contributed by atoms with Crippen LogP contribution in [0.5, 0.6) is 0 Å². The molecule has 2 heterocycles. The predicted octanol–water partition coefficient (Wildman–Crippen LogP) is 6.94. The largest absolute Gasteiger partial charge is 0.453 e. The average Bonchev–Trinajstić information content (AvgIpc) is 2.88. The quantitative estimate of drug-likeness (QED) is 0.303. The van der Waals surface area contributed by atoms with Crippen molar-refractivity contribution in [2.75, 3.05) is 12.4 Å². The van der Waals surface area contributed by atoms with E-state index in [0.29, 0.717) is 17.2 Å². The van der Waals surface area contributed by atoms with Crippen molar-refractivity contribution in [2.24, 2.45) is 4.99 Å². The van der Waals surface area contributed by atoms with Gasteiger partial charge >= 0.3 is 6.09 Å². The molecule has 1 N–H and O–H groups in total. The molecular formula is C28H29Cl2FN4O3. The lowest BCUT2D eigenvalue weighted by Crippen LogP contribution is -2.25. The van der Waals surface area contributed by atoms with E-state index in [1.54, 1.807) is 42.2 Å². The number of aliphatic imine (C=N–C) groups is 1. The molecule has 0 fully saturated rings. The average molecular weight is 559 g/mol. The van der Waals surface area contributed by atoms with Crippen LogP contribution < -0.4 is 10.9 Å². The van der Waals surface area contributed by atoms with Crippen molar-refractivity contribution in [1.82, 2.24) is 9.55 Å². The van der Waals surface area contributed by atoms with Crippen LogP contribution in [0.25, 0.3) is 0 Å². The fourth-order valence-electron chi connectivity index (χ4n) is 3.99. The minimum atomic E-state index is -0.771. The number of aromatic nitrogens is 2. The number of aryl methyl sites for hydroxylation is 1. The summed E-state index contributed by atoms with van der Waals surface area (Å²) >= 11 is 12.6. The van der Waals surface area contributed by atoms with Gasteiger partial charge in [-0.2, -0.15) is 0 Å². The first-order valence-corrected chi connectivity index (χ1v) is 12.6. The molecule has 38 heavy (non-hydrogen) atoms. The number of halogens is 3. The van der Waals surface area contributed by atoms with Crippen LogP contribution in [0.1, 0.15) is 49.1 Å². The number of methoxy groups -OCH3 is 1. The molecule has 0 unspecified atom stereocenters. The number of anilines is 1.